The average molecular weight is 292 g/mol. The number of rotatable bonds is 6. The summed E-state index contributed by atoms with van der Waals surface area (Å²) in [5, 5.41) is 5.79. The maximum absolute atomic E-state index is 11.6. The number of nitrogens with two attached hydrogens (primary N) is 1. The van der Waals surface area contributed by atoms with Crippen LogP contribution in [0.1, 0.15) is 32.5 Å². The zero-order chi connectivity index (χ0) is 15.8. The predicted molar refractivity (Wildman–Crippen MR) is 84.0 cm³/mol. The van der Waals surface area contributed by atoms with Crippen LogP contribution in [-0.2, 0) is 4.79 Å². The molecule has 1 rings (SSSR count). The number of carbonyl (C=O) groups is 1. The van der Waals surface area contributed by atoms with Gasteiger partial charge in [0.05, 0.1) is 7.11 Å². The lowest BCUT2D eigenvalue weighted by Gasteiger charge is -2.16. The summed E-state index contributed by atoms with van der Waals surface area (Å²) in [6, 6.07) is 7.54. The number of ether oxygens (including phenoxy) is 1. The van der Waals surface area contributed by atoms with E-state index in [1.165, 1.54) is 0 Å². The van der Waals surface area contributed by atoms with Crippen molar-refractivity contribution in [3.05, 3.63) is 29.8 Å². The summed E-state index contributed by atoms with van der Waals surface area (Å²) in [5.41, 5.74) is 6.73. The number of benzene rings is 1. The maximum Gasteiger partial charge on any atom is 0.229 e. The molecule has 6 nitrogen and oxygen atoms in total. The second-order valence-electron chi connectivity index (χ2n) is 4.89. The van der Waals surface area contributed by atoms with Gasteiger partial charge in [0.25, 0.3) is 0 Å². The Labute approximate surface area is 125 Å². The Morgan fingerprint density at radius 3 is 2.43 bits per heavy atom. The van der Waals surface area contributed by atoms with Crippen LogP contribution in [0.25, 0.3) is 0 Å². The van der Waals surface area contributed by atoms with E-state index in [1.54, 1.807) is 21.0 Å². The first-order valence-corrected chi connectivity index (χ1v) is 6.99. The van der Waals surface area contributed by atoms with Gasteiger partial charge in [0.15, 0.2) is 5.96 Å². The molecule has 0 saturated carbocycles. The third kappa shape index (κ3) is 5.43. The molecule has 0 fully saturated rings. The molecule has 1 aromatic rings. The van der Waals surface area contributed by atoms with E-state index in [0.29, 0.717) is 0 Å². The molecule has 21 heavy (non-hydrogen) atoms. The van der Waals surface area contributed by atoms with Crippen molar-refractivity contribution in [2.24, 2.45) is 16.6 Å². The molecule has 0 aromatic heterocycles. The quantitative estimate of drug-likeness (QED) is 0.546. The SMILES string of the molecule is CCNC(N=C(N)NC(=O)C(C)C)c1ccc(OC)cc1. The molecule has 0 bridgehead atoms. The van der Waals surface area contributed by atoms with Crippen molar-refractivity contribution in [3.8, 4) is 5.75 Å². The van der Waals surface area contributed by atoms with Gasteiger partial charge in [-0.25, -0.2) is 4.99 Å². The van der Waals surface area contributed by atoms with Crippen LogP contribution in [0.4, 0.5) is 0 Å². The fraction of sp³-hybridized carbons (Fsp3) is 0.467. The van der Waals surface area contributed by atoms with Gasteiger partial charge in [-0.15, -0.1) is 0 Å². The minimum atomic E-state index is -0.312. The summed E-state index contributed by atoms with van der Waals surface area (Å²) in [5.74, 6) is 0.591. The molecule has 0 aliphatic rings. The van der Waals surface area contributed by atoms with Crippen LogP contribution in [0.5, 0.6) is 5.75 Å². The van der Waals surface area contributed by atoms with Gasteiger partial charge in [-0.05, 0) is 24.2 Å². The predicted octanol–water partition coefficient (Wildman–Crippen LogP) is 1.39. The van der Waals surface area contributed by atoms with Crippen molar-refractivity contribution in [1.82, 2.24) is 10.6 Å². The second-order valence-corrected chi connectivity index (χ2v) is 4.89. The largest absolute Gasteiger partial charge is 0.497 e. The molecule has 0 aliphatic heterocycles. The van der Waals surface area contributed by atoms with Crippen molar-refractivity contribution in [1.29, 1.82) is 0 Å². The van der Waals surface area contributed by atoms with E-state index < -0.39 is 0 Å². The lowest BCUT2D eigenvalue weighted by Crippen LogP contribution is -2.40. The van der Waals surface area contributed by atoms with E-state index in [-0.39, 0.29) is 24.0 Å². The lowest BCUT2D eigenvalue weighted by molar-refractivity contribution is -0.122. The number of aliphatic imine (C=N–C) groups is 1. The van der Waals surface area contributed by atoms with Gasteiger partial charge in [0, 0.05) is 5.92 Å². The fourth-order valence-electron chi connectivity index (χ4n) is 1.66. The zero-order valence-electron chi connectivity index (χ0n) is 13.0. The minimum absolute atomic E-state index is 0.107. The molecule has 1 unspecified atom stereocenters. The Morgan fingerprint density at radius 2 is 1.95 bits per heavy atom. The summed E-state index contributed by atoms with van der Waals surface area (Å²) in [4.78, 5) is 15.9. The van der Waals surface area contributed by atoms with Crippen LogP contribution in [0.3, 0.4) is 0 Å². The Morgan fingerprint density at radius 1 is 1.33 bits per heavy atom. The van der Waals surface area contributed by atoms with Crippen LogP contribution in [0.15, 0.2) is 29.3 Å². The number of hydrogen-bond donors (Lipinski definition) is 3. The molecular weight excluding hydrogens is 268 g/mol. The summed E-state index contributed by atoms with van der Waals surface area (Å²) in [6.07, 6.45) is -0.312. The molecular formula is C15H24N4O2. The van der Waals surface area contributed by atoms with Crippen molar-refractivity contribution in [2.45, 2.75) is 26.9 Å². The van der Waals surface area contributed by atoms with Gasteiger partial charge in [-0.2, -0.15) is 0 Å². The summed E-state index contributed by atoms with van der Waals surface area (Å²) >= 11 is 0. The lowest BCUT2D eigenvalue weighted by atomic mass is 10.1. The number of amides is 1. The van der Waals surface area contributed by atoms with E-state index in [9.17, 15) is 4.79 Å². The Balaban J connectivity index is 2.87. The molecule has 6 heteroatoms. The first kappa shape index (κ1) is 17.0. The normalized spacial score (nSPS) is 13.1. The van der Waals surface area contributed by atoms with Crippen molar-refractivity contribution >= 4 is 11.9 Å². The van der Waals surface area contributed by atoms with Crippen molar-refractivity contribution < 1.29 is 9.53 Å². The average Bonchev–Trinajstić information content (AvgIpc) is 2.46. The van der Waals surface area contributed by atoms with E-state index in [2.05, 4.69) is 15.6 Å². The highest BCUT2D eigenvalue weighted by Crippen LogP contribution is 2.18. The van der Waals surface area contributed by atoms with E-state index >= 15 is 0 Å². The highest BCUT2D eigenvalue weighted by molar-refractivity contribution is 5.96. The standard InChI is InChI=1S/C15H24N4O2/c1-5-17-13(11-6-8-12(21-4)9-7-11)18-15(16)19-14(20)10(2)3/h6-10,13,17H,5H2,1-4H3,(H3,16,18,19,20). The molecule has 116 valence electrons. The molecule has 1 aromatic carbocycles. The van der Waals surface area contributed by atoms with Gasteiger partial charge >= 0.3 is 0 Å². The van der Waals surface area contributed by atoms with Crippen LogP contribution in [-0.4, -0.2) is 25.5 Å². The molecule has 0 radical (unpaired) electrons. The van der Waals surface area contributed by atoms with Gasteiger partial charge < -0.3 is 10.5 Å². The van der Waals surface area contributed by atoms with Crippen LogP contribution in [0, 0.1) is 5.92 Å². The number of nitrogens with one attached hydrogen (secondary N) is 2. The van der Waals surface area contributed by atoms with Crippen LogP contribution >= 0.6 is 0 Å². The highest BCUT2D eigenvalue weighted by atomic mass is 16.5. The topological polar surface area (TPSA) is 88.7 Å². The maximum atomic E-state index is 11.6. The van der Waals surface area contributed by atoms with Gasteiger partial charge in [-0.1, -0.05) is 32.9 Å². The van der Waals surface area contributed by atoms with E-state index in [1.807, 2.05) is 31.2 Å². The van der Waals surface area contributed by atoms with Crippen molar-refractivity contribution in [2.75, 3.05) is 13.7 Å². The smallest absolute Gasteiger partial charge is 0.229 e. The summed E-state index contributed by atoms with van der Waals surface area (Å²) in [6.45, 7) is 6.31. The summed E-state index contributed by atoms with van der Waals surface area (Å²) in [7, 11) is 1.62. The Hall–Kier alpha value is -2.08. The third-order valence-corrected chi connectivity index (χ3v) is 2.87. The minimum Gasteiger partial charge on any atom is -0.497 e. The second kappa shape index (κ2) is 8.26. The Bertz CT molecular complexity index is 483. The third-order valence-electron chi connectivity index (χ3n) is 2.87. The summed E-state index contributed by atoms with van der Waals surface area (Å²) < 4.78 is 5.13. The molecule has 1 atom stereocenters. The number of guanidine groups is 1. The van der Waals surface area contributed by atoms with Crippen molar-refractivity contribution in [3.63, 3.8) is 0 Å². The van der Waals surface area contributed by atoms with Gasteiger partial charge in [-0.3, -0.25) is 15.4 Å². The highest BCUT2D eigenvalue weighted by Gasteiger charge is 2.12. The molecule has 0 saturated heterocycles. The monoisotopic (exact) mass is 292 g/mol. The fourth-order valence-corrected chi connectivity index (χ4v) is 1.66. The number of methoxy groups -OCH3 is 1. The van der Waals surface area contributed by atoms with E-state index in [4.69, 9.17) is 10.5 Å². The molecule has 1 amide bonds. The molecule has 0 aliphatic carbocycles. The Kier molecular flexibility index (Phi) is 6.68. The molecule has 0 spiro atoms. The van der Waals surface area contributed by atoms with Gasteiger partial charge in [0.1, 0.15) is 11.9 Å². The zero-order valence-corrected chi connectivity index (χ0v) is 13.0. The number of hydrogen-bond acceptors (Lipinski definition) is 4. The number of carbonyl (C=O) groups excluding carboxylic acids is 1. The van der Waals surface area contributed by atoms with Crippen LogP contribution in [0.2, 0.25) is 0 Å². The first-order valence-electron chi connectivity index (χ1n) is 6.99. The van der Waals surface area contributed by atoms with E-state index in [0.717, 1.165) is 17.9 Å². The first-order chi connectivity index (χ1) is 9.97. The molecule has 4 N–H and O–H groups in total. The van der Waals surface area contributed by atoms with Gasteiger partial charge in [0.2, 0.25) is 5.91 Å². The molecule has 0 heterocycles. The number of nitrogens with zero attached hydrogens (tertiary/aromatic N) is 1. The van der Waals surface area contributed by atoms with Crippen LogP contribution < -0.4 is 21.1 Å².